The summed E-state index contributed by atoms with van der Waals surface area (Å²) < 4.78 is 12.1. The number of aryl methyl sites for hydroxylation is 1. The van der Waals surface area contributed by atoms with Crippen LogP contribution < -0.4 is 11.2 Å². The van der Waals surface area contributed by atoms with Gasteiger partial charge >= 0.3 is 5.69 Å². The van der Waals surface area contributed by atoms with E-state index in [2.05, 4.69) is 4.98 Å². The molecule has 0 saturated carbocycles. The van der Waals surface area contributed by atoms with Crippen LogP contribution in [0.4, 0.5) is 0 Å². The van der Waals surface area contributed by atoms with Crippen molar-refractivity contribution in [1.82, 2.24) is 9.55 Å². The standard InChI is InChI=1S/C13H22N2O5S/c1-5-21-12(10(20-4)9(7-16)19-3)15-6-8(2)11(17)14-13(15)18/h6,9-10,12,16H,5,7H2,1-4H3,(H,14,17,18)/t9-,10+,12+/m1/s1. The number of methoxy groups -OCH3 is 2. The number of hydrogen-bond donors (Lipinski definition) is 2. The van der Waals surface area contributed by atoms with Crippen LogP contribution >= 0.6 is 11.8 Å². The highest BCUT2D eigenvalue weighted by atomic mass is 32.2. The van der Waals surface area contributed by atoms with Gasteiger partial charge in [-0.3, -0.25) is 14.3 Å². The lowest BCUT2D eigenvalue weighted by Gasteiger charge is -2.31. The molecular formula is C13H22N2O5S. The van der Waals surface area contributed by atoms with Crippen molar-refractivity contribution in [3.63, 3.8) is 0 Å². The number of nitrogens with zero attached hydrogens (tertiary/aromatic N) is 1. The Morgan fingerprint density at radius 3 is 2.52 bits per heavy atom. The minimum atomic E-state index is -0.571. The third kappa shape index (κ3) is 4.19. The molecule has 7 nitrogen and oxygen atoms in total. The Hall–Kier alpha value is -1.09. The first-order valence-corrected chi connectivity index (χ1v) is 7.65. The number of hydrogen-bond acceptors (Lipinski definition) is 6. The highest BCUT2D eigenvalue weighted by Crippen LogP contribution is 2.29. The van der Waals surface area contributed by atoms with Crippen LogP contribution in [0, 0.1) is 6.92 Å². The largest absolute Gasteiger partial charge is 0.394 e. The fraction of sp³-hybridized carbons (Fsp3) is 0.692. The molecule has 0 aliphatic carbocycles. The molecule has 1 aromatic rings. The number of aromatic nitrogens is 2. The molecule has 0 fully saturated rings. The third-order valence-electron chi connectivity index (χ3n) is 3.16. The number of thioether (sulfide) groups is 1. The van der Waals surface area contributed by atoms with Gasteiger partial charge in [0.15, 0.2) is 0 Å². The number of aromatic amines is 1. The van der Waals surface area contributed by atoms with E-state index in [1.807, 2.05) is 6.92 Å². The topological polar surface area (TPSA) is 93.5 Å². The molecule has 1 heterocycles. The van der Waals surface area contributed by atoms with Crippen molar-refractivity contribution >= 4 is 11.8 Å². The number of aliphatic hydroxyl groups is 1. The van der Waals surface area contributed by atoms with Crippen LogP contribution in [0.3, 0.4) is 0 Å². The number of ether oxygens (including phenoxy) is 2. The number of H-pyrrole nitrogens is 1. The monoisotopic (exact) mass is 318 g/mol. The maximum Gasteiger partial charge on any atom is 0.329 e. The number of aliphatic hydroxyl groups excluding tert-OH is 1. The third-order valence-corrected chi connectivity index (χ3v) is 4.33. The van der Waals surface area contributed by atoms with Gasteiger partial charge in [-0.2, -0.15) is 0 Å². The molecule has 120 valence electrons. The van der Waals surface area contributed by atoms with Crippen molar-refractivity contribution in [2.45, 2.75) is 31.4 Å². The average Bonchev–Trinajstić information content (AvgIpc) is 2.47. The summed E-state index contributed by atoms with van der Waals surface area (Å²) in [6.07, 6.45) is 0.399. The zero-order valence-corrected chi connectivity index (χ0v) is 13.5. The first-order valence-electron chi connectivity index (χ1n) is 6.60. The van der Waals surface area contributed by atoms with Crippen LogP contribution in [0.15, 0.2) is 15.8 Å². The summed E-state index contributed by atoms with van der Waals surface area (Å²) in [5.74, 6) is 0.733. The van der Waals surface area contributed by atoms with Gasteiger partial charge in [0.05, 0.1) is 6.61 Å². The first kappa shape index (κ1) is 18.0. The van der Waals surface area contributed by atoms with Crippen molar-refractivity contribution in [3.05, 3.63) is 32.6 Å². The fourth-order valence-electron chi connectivity index (χ4n) is 2.04. The van der Waals surface area contributed by atoms with Gasteiger partial charge in [0.2, 0.25) is 0 Å². The van der Waals surface area contributed by atoms with E-state index in [1.54, 1.807) is 6.92 Å². The molecule has 0 saturated heterocycles. The van der Waals surface area contributed by atoms with E-state index in [4.69, 9.17) is 9.47 Å². The van der Waals surface area contributed by atoms with Gasteiger partial charge in [0, 0.05) is 26.0 Å². The average molecular weight is 318 g/mol. The van der Waals surface area contributed by atoms with Gasteiger partial charge in [-0.25, -0.2) is 4.79 Å². The van der Waals surface area contributed by atoms with E-state index in [1.165, 1.54) is 36.7 Å². The molecule has 0 amide bonds. The Morgan fingerprint density at radius 1 is 1.38 bits per heavy atom. The second-order valence-electron chi connectivity index (χ2n) is 4.48. The lowest BCUT2D eigenvalue weighted by atomic mass is 10.2. The minimum Gasteiger partial charge on any atom is -0.394 e. The van der Waals surface area contributed by atoms with Crippen LogP contribution in [0.1, 0.15) is 17.9 Å². The summed E-state index contributed by atoms with van der Waals surface area (Å²) in [5.41, 5.74) is -0.480. The zero-order chi connectivity index (χ0) is 16.0. The molecule has 3 atom stereocenters. The zero-order valence-electron chi connectivity index (χ0n) is 12.7. The van der Waals surface area contributed by atoms with E-state index in [0.717, 1.165) is 5.75 Å². The molecule has 0 aliphatic rings. The second-order valence-corrected chi connectivity index (χ2v) is 5.88. The molecule has 21 heavy (non-hydrogen) atoms. The van der Waals surface area contributed by atoms with Crippen LogP contribution in [-0.2, 0) is 9.47 Å². The molecule has 1 rings (SSSR count). The Morgan fingerprint density at radius 2 is 2.05 bits per heavy atom. The van der Waals surface area contributed by atoms with E-state index >= 15 is 0 Å². The predicted molar refractivity (Wildman–Crippen MR) is 81.9 cm³/mol. The number of rotatable bonds is 8. The SMILES string of the molecule is CCS[C@@H]([C@@H](OC)[C@@H](CO)OC)n1cc(C)c(=O)[nH]c1=O. The Bertz CT molecular complexity index is 552. The van der Waals surface area contributed by atoms with E-state index in [-0.39, 0.29) is 6.61 Å². The lowest BCUT2D eigenvalue weighted by molar-refractivity contribution is -0.0681. The fourth-order valence-corrected chi connectivity index (χ4v) is 3.18. The molecule has 0 spiro atoms. The maximum atomic E-state index is 12.1. The highest BCUT2D eigenvalue weighted by molar-refractivity contribution is 7.99. The van der Waals surface area contributed by atoms with Gasteiger partial charge in [-0.05, 0) is 12.7 Å². The van der Waals surface area contributed by atoms with Crippen molar-refractivity contribution in [3.8, 4) is 0 Å². The van der Waals surface area contributed by atoms with E-state index in [9.17, 15) is 14.7 Å². The van der Waals surface area contributed by atoms with Crippen molar-refractivity contribution < 1.29 is 14.6 Å². The van der Waals surface area contributed by atoms with Crippen molar-refractivity contribution in [2.24, 2.45) is 0 Å². The summed E-state index contributed by atoms with van der Waals surface area (Å²) in [6, 6.07) is 0. The highest BCUT2D eigenvalue weighted by Gasteiger charge is 2.31. The second kappa shape index (κ2) is 8.38. The summed E-state index contributed by atoms with van der Waals surface area (Å²) in [4.78, 5) is 25.8. The van der Waals surface area contributed by atoms with Crippen LogP contribution in [0.5, 0.6) is 0 Å². The summed E-state index contributed by atoms with van der Waals surface area (Å²) in [5, 5.41) is 8.98. The maximum absolute atomic E-state index is 12.1. The smallest absolute Gasteiger partial charge is 0.329 e. The Labute approximate surface area is 127 Å². The molecule has 8 heteroatoms. The van der Waals surface area contributed by atoms with Crippen molar-refractivity contribution in [2.75, 3.05) is 26.6 Å². The Balaban J connectivity index is 3.31. The van der Waals surface area contributed by atoms with Gasteiger partial charge in [0.1, 0.15) is 17.6 Å². The molecule has 0 bridgehead atoms. The van der Waals surface area contributed by atoms with Gasteiger partial charge in [-0.1, -0.05) is 6.92 Å². The van der Waals surface area contributed by atoms with Gasteiger partial charge in [0.25, 0.3) is 5.56 Å². The first-order chi connectivity index (χ1) is 9.99. The minimum absolute atomic E-state index is 0.229. The Kier molecular flexibility index (Phi) is 7.16. The molecule has 0 aromatic carbocycles. The van der Waals surface area contributed by atoms with E-state index < -0.39 is 28.8 Å². The normalized spacial score (nSPS) is 15.7. The predicted octanol–water partition coefficient (Wildman–Crippen LogP) is 0.119. The summed E-state index contributed by atoms with van der Waals surface area (Å²) in [7, 11) is 2.97. The van der Waals surface area contributed by atoms with Crippen LogP contribution in [0.25, 0.3) is 0 Å². The van der Waals surface area contributed by atoms with Crippen molar-refractivity contribution in [1.29, 1.82) is 0 Å². The molecule has 0 unspecified atom stereocenters. The van der Waals surface area contributed by atoms with Gasteiger partial charge in [-0.15, -0.1) is 11.8 Å². The summed E-state index contributed by atoms with van der Waals surface area (Å²) in [6.45, 7) is 3.35. The van der Waals surface area contributed by atoms with Gasteiger partial charge < -0.3 is 14.6 Å². The van der Waals surface area contributed by atoms with Crippen LogP contribution in [-0.4, -0.2) is 53.4 Å². The molecule has 1 aromatic heterocycles. The quantitative estimate of drug-likeness (QED) is 0.707. The molecular weight excluding hydrogens is 296 g/mol. The molecule has 0 aliphatic heterocycles. The molecule has 0 radical (unpaired) electrons. The number of nitrogens with one attached hydrogen (secondary N) is 1. The summed E-state index contributed by atoms with van der Waals surface area (Å²) >= 11 is 1.47. The molecule has 2 N–H and O–H groups in total. The van der Waals surface area contributed by atoms with E-state index in [0.29, 0.717) is 5.56 Å². The lowest BCUT2D eigenvalue weighted by Crippen LogP contribution is -2.43. The van der Waals surface area contributed by atoms with Crippen LogP contribution in [0.2, 0.25) is 0 Å².